The van der Waals surface area contributed by atoms with Crippen LogP contribution in [0.15, 0.2) is 24.3 Å². The van der Waals surface area contributed by atoms with Crippen molar-refractivity contribution < 1.29 is 15.0 Å². The van der Waals surface area contributed by atoms with Gasteiger partial charge in [0.15, 0.2) is 0 Å². The van der Waals surface area contributed by atoms with Crippen LogP contribution < -0.4 is 5.73 Å². The lowest BCUT2D eigenvalue weighted by atomic mass is 9.97. The van der Waals surface area contributed by atoms with Gasteiger partial charge in [-0.15, -0.1) is 0 Å². The molecule has 0 fully saturated rings. The van der Waals surface area contributed by atoms with Crippen LogP contribution in [0.3, 0.4) is 0 Å². The van der Waals surface area contributed by atoms with Gasteiger partial charge in [0, 0.05) is 6.04 Å². The Balaban J connectivity index is 2.69. The maximum Gasteiger partial charge on any atom is 0.305 e. The fourth-order valence-corrected chi connectivity index (χ4v) is 1.88. The zero-order valence-electron chi connectivity index (χ0n) is 10.8. The van der Waals surface area contributed by atoms with E-state index in [9.17, 15) is 9.90 Å². The maximum absolute atomic E-state index is 10.5. The summed E-state index contributed by atoms with van der Waals surface area (Å²) >= 11 is 0. The Hall–Kier alpha value is -1.39. The summed E-state index contributed by atoms with van der Waals surface area (Å²) in [5.41, 5.74) is 7.50. The first-order chi connectivity index (χ1) is 8.40. The molecule has 0 aromatic heterocycles. The molecule has 0 radical (unpaired) electrons. The molecule has 0 aliphatic heterocycles. The van der Waals surface area contributed by atoms with Gasteiger partial charge < -0.3 is 15.9 Å². The number of rotatable bonds is 6. The number of hydrogen-bond acceptors (Lipinski definition) is 3. The first-order valence-corrected chi connectivity index (χ1v) is 6.14. The molecule has 2 atom stereocenters. The van der Waals surface area contributed by atoms with E-state index in [0.717, 1.165) is 6.42 Å². The van der Waals surface area contributed by atoms with Crippen LogP contribution in [0.1, 0.15) is 37.5 Å². The van der Waals surface area contributed by atoms with Crippen LogP contribution in [0.25, 0.3) is 0 Å². The molecule has 18 heavy (non-hydrogen) atoms. The van der Waals surface area contributed by atoms with Gasteiger partial charge >= 0.3 is 5.97 Å². The van der Waals surface area contributed by atoms with E-state index in [4.69, 9.17) is 10.8 Å². The summed E-state index contributed by atoms with van der Waals surface area (Å²) in [5, 5.41) is 18.6. The van der Waals surface area contributed by atoms with Crippen LogP contribution in [0.5, 0.6) is 0 Å². The van der Waals surface area contributed by atoms with Crippen LogP contribution in [0.4, 0.5) is 0 Å². The molecule has 0 heterocycles. The van der Waals surface area contributed by atoms with Crippen LogP contribution in [-0.4, -0.2) is 22.2 Å². The molecule has 0 spiro atoms. The van der Waals surface area contributed by atoms with Crippen molar-refractivity contribution in [2.45, 2.75) is 38.8 Å². The molecule has 1 aromatic rings. The predicted molar refractivity (Wildman–Crippen MR) is 70.2 cm³/mol. The number of aliphatic hydroxyl groups excluding tert-OH is 1. The molecule has 4 heteroatoms. The number of aliphatic carboxylic acids is 1. The number of aliphatic hydroxyl groups is 1. The van der Waals surface area contributed by atoms with Gasteiger partial charge in [-0.25, -0.2) is 0 Å². The number of nitrogens with two attached hydrogens (primary N) is 1. The fraction of sp³-hybridized carbons (Fsp3) is 0.500. The second kappa shape index (κ2) is 6.52. The third-order valence-electron chi connectivity index (χ3n) is 2.78. The van der Waals surface area contributed by atoms with Gasteiger partial charge in [-0.1, -0.05) is 38.1 Å². The minimum absolute atomic E-state index is 0.241. The van der Waals surface area contributed by atoms with Crippen molar-refractivity contribution >= 4 is 5.97 Å². The van der Waals surface area contributed by atoms with Gasteiger partial charge in [0.1, 0.15) is 0 Å². The average Bonchev–Trinajstić information content (AvgIpc) is 2.27. The highest BCUT2D eigenvalue weighted by Gasteiger charge is 2.19. The number of carboxylic acid groups (broad SMARTS) is 1. The molecule has 2 unspecified atom stereocenters. The van der Waals surface area contributed by atoms with Crippen molar-refractivity contribution in [1.82, 2.24) is 0 Å². The van der Waals surface area contributed by atoms with E-state index < -0.39 is 18.1 Å². The van der Waals surface area contributed by atoms with E-state index in [1.54, 1.807) is 0 Å². The van der Waals surface area contributed by atoms with E-state index in [2.05, 4.69) is 13.8 Å². The molecule has 100 valence electrons. The molecule has 0 amide bonds. The van der Waals surface area contributed by atoms with Crippen molar-refractivity contribution in [3.63, 3.8) is 0 Å². The summed E-state index contributed by atoms with van der Waals surface area (Å²) in [5.74, 6) is -0.423. The van der Waals surface area contributed by atoms with Gasteiger partial charge in [-0.05, 0) is 23.5 Å². The summed E-state index contributed by atoms with van der Waals surface area (Å²) < 4.78 is 0. The first kappa shape index (κ1) is 14.7. The van der Waals surface area contributed by atoms with E-state index in [0.29, 0.717) is 11.5 Å². The molecule has 0 saturated heterocycles. The van der Waals surface area contributed by atoms with Crippen molar-refractivity contribution in [2.75, 3.05) is 0 Å². The van der Waals surface area contributed by atoms with Crippen molar-refractivity contribution in [1.29, 1.82) is 0 Å². The quantitative estimate of drug-likeness (QED) is 0.719. The van der Waals surface area contributed by atoms with Crippen molar-refractivity contribution in [3.8, 4) is 0 Å². The maximum atomic E-state index is 10.5. The summed E-state index contributed by atoms with van der Waals surface area (Å²) in [6.07, 6.45) is -0.193. The van der Waals surface area contributed by atoms with Crippen molar-refractivity contribution in [3.05, 3.63) is 35.4 Å². The Kier molecular flexibility index (Phi) is 5.31. The molecular weight excluding hydrogens is 230 g/mol. The molecular formula is C14H21NO3. The van der Waals surface area contributed by atoms with Crippen LogP contribution >= 0.6 is 0 Å². The number of carbonyl (C=O) groups is 1. The van der Waals surface area contributed by atoms with E-state index in [1.165, 1.54) is 5.56 Å². The topological polar surface area (TPSA) is 83.5 Å². The van der Waals surface area contributed by atoms with Gasteiger partial charge in [0.05, 0.1) is 12.5 Å². The minimum Gasteiger partial charge on any atom is -0.481 e. The van der Waals surface area contributed by atoms with E-state index >= 15 is 0 Å². The average molecular weight is 251 g/mol. The number of carboxylic acids is 1. The Morgan fingerprint density at radius 2 is 1.83 bits per heavy atom. The lowest BCUT2D eigenvalue weighted by Gasteiger charge is -2.18. The highest BCUT2D eigenvalue weighted by atomic mass is 16.4. The standard InChI is InChI=1S/C14H21NO3/c1-9(2)7-10-3-5-11(6-4-10)14(18)12(15)8-13(16)17/h3-6,9,12,14,18H,7-8,15H2,1-2H3,(H,16,17). The third kappa shape index (κ3) is 4.47. The predicted octanol–water partition coefficient (Wildman–Crippen LogP) is 1.72. The Morgan fingerprint density at radius 3 is 2.28 bits per heavy atom. The smallest absolute Gasteiger partial charge is 0.305 e. The van der Waals surface area contributed by atoms with Crippen LogP contribution in [0.2, 0.25) is 0 Å². The van der Waals surface area contributed by atoms with Crippen molar-refractivity contribution in [2.24, 2.45) is 11.7 Å². The summed E-state index contributed by atoms with van der Waals surface area (Å²) in [4.78, 5) is 10.5. The first-order valence-electron chi connectivity index (χ1n) is 6.14. The normalized spacial score (nSPS) is 14.5. The molecule has 0 aliphatic rings. The largest absolute Gasteiger partial charge is 0.481 e. The van der Waals surface area contributed by atoms with Gasteiger partial charge in [-0.2, -0.15) is 0 Å². The Morgan fingerprint density at radius 1 is 1.28 bits per heavy atom. The number of hydrogen-bond donors (Lipinski definition) is 3. The Bertz CT molecular complexity index is 387. The lowest BCUT2D eigenvalue weighted by molar-refractivity contribution is -0.138. The Labute approximate surface area is 107 Å². The molecule has 0 aliphatic carbocycles. The minimum atomic E-state index is -1.00. The second-order valence-corrected chi connectivity index (χ2v) is 5.05. The molecule has 4 N–H and O–H groups in total. The molecule has 0 saturated carbocycles. The van der Waals surface area contributed by atoms with Crippen LogP contribution in [-0.2, 0) is 11.2 Å². The van der Waals surface area contributed by atoms with Gasteiger partial charge in [0.2, 0.25) is 0 Å². The van der Waals surface area contributed by atoms with E-state index in [1.807, 2.05) is 24.3 Å². The molecule has 1 rings (SSSR count). The SMILES string of the molecule is CC(C)Cc1ccc(C(O)C(N)CC(=O)O)cc1. The van der Waals surface area contributed by atoms with Crippen LogP contribution in [0, 0.1) is 5.92 Å². The van der Waals surface area contributed by atoms with Gasteiger partial charge in [-0.3, -0.25) is 4.79 Å². The zero-order chi connectivity index (χ0) is 13.7. The highest BCUT2D eigenvalue weighted by molar-refractivity contribution is 5.67. The molecule has 0 bridgehead atoms. The van der Waals surface area contributed by atoms with Gasteiger partial charge in [0.25, 0.3) is 0 Å². The second-order valence-electron chi connectivity index (χ2n) is 5.05. The number of benzene rings is 1. The summed E-state index contributed by atoms with van der Waals surface area (Å²) in [6.45, 7) is 4.29. The van der Waals surface area contributed by atoms with E-state index in [-0.39, 0.29) is 6.42 Å². The summed E-state index contributed by atoms with van der Waals surface area (Å²) in [7, 11) is 0. The summed E-state index contributed by atoms with van der Waals surface area (Å²) in [6, 6.07) is 6.74. The monoisotopic (exact) mass is 251 g/mol. The zero-order valence-corrected chi connectivity index (χ0v) is 10.8. The highest BCUT2D eigenvalue weighted by Crippen LogP contribution is 2.19. The lowest BCUT2D eigenvalue weighted by Crippen LogP contribution is -2.30. The molecule has 4 nitrogen and oxygen atoms in total. The molecule has 1 aromatic carbocycles. The fourth-order valence-electron chi connectivity index (χ4n) is 1.88. The third-order valence-corrected chi connectivity index (χ3v) is 2.78.